The van der Waals surface area contributed by atoms with Crippen LogP contribution >= 0.6 is 0 Å². The van der Waals surface area contributed by atoms with E-state index in [2.05, 4.69) is 15.3 Å². The molecule has 162 valence electrons. The highest BCUT2D eigenvalue weighted by molar-refractivity contribution is 5.73. The van der Waals surface area contributed by atoms with Crippen LogP contribution in [0, 0.1) is 17.5 Å². The summed E-state index contributed by atoms with van der Waals surface area (Å²) in [7, 11) is 0. The van der Waals surface area contributed by atoms with Gasteiger partial charge in [-0.25, -0.2) is 23.1 Å². The normalized spacial score (nSPS) is 14.0. The largest absolute Gasteiger partial charge is 0.486 e. The number of nitrogen functional groups attached to an aromatic ring is 1. The van der Waals surface area contributed by atoms with Crippen LogP contribution in [0.5, 0.6) is 5.75 Å². The third-order valence-electron chi connectivity index (χ3n) is 5.31. The topological polar surface area (TPSA) is 76.3 Å². The van der Waals surface area contributed by atoms with Crippen LogP contribution in [0.1, 0.15) is 20.3 Å². The Kier molecular flexibility index (Phi) is 5.58. The van der Waals surface area contributed by atoms with Crippen molar-refractivity contribution >= 4 is 23.0 Å². The quantitative estimate of drug-likeness (QED) is 0.563. The second-order valence-electron chi connectivity index (χ2n) is 7.36. The molecule has 0 bridgehead atoms. The van der Waals surface area contributed by atoms with Gasteiger partial charge in [0.2, 0.25) is 5.95 Å². The van der Waals surface area contributed by atoms with Crippen molar-refractivity contribution in [2.75, 3.05) is 29.1 Å². The number of hydrogen-bond donors (Lipinski definition) is 2. The minimum absolute atomic E-state index is 0.00359. The number of rotatable bonds is 5. The first-order chi connectivity index (χ1) is 14.9. The van der Waals surface area contributed by atoms with Crippen LogP contribution in [0.15, 0.2) is 36.5 Å². The Hall–Kier alpha value is -3.49. The lowest BCUT2D eigenvalue weighted by atomic mass is 10.1. The monoisotopic (exact) mass is 429 g/mol. The van der Waals surface area contributed by atoms with E-state index in [0.29, 0.717) is 24.5 Å². The highest BCUT2D eigenvalue weighted by atomic mass is 19.1. The Balaban J connectivity index is 1.73. The van der Waals surface area contributed by atoms with Crippen LogP contribution in [-0.2, 0) is 0 Å². The summed E-state index contributed by atoms with van der Waals surface area (Å²) in [6.07, 6.45) is 1.85. The molecule has 3 N–H and O–H groups in total. The molecule has 0 saturated heterocycles. The Morgan fingerprint density at radius 2 is 1.97 bits per heavy atom. The summed E-state index contributed by atoms with van der Waals surface area (Å²) in [6.45, 7) is 5.06. The minimum Gasteiger partial charge on any atom is -0.486 e. The number of halogens is 3. The molecule has 2 heterocycles. The van der Waals surface area contributed by atoms with Gasteiger partial charge in [0.1, 0.15) is 18.1 Å². The van der Waals surface area contributed by atoms with Gasteiger partial charge in [0.05, 0.1) is 24.1 Å². The van der Waals surface area contributed by atoms with E-state index in [1.54, 1.807) is 12.1 Å². The zero-order chi connectivity index (χ0) is 22.1. The predicted octanol–water partition coefficient (Wildman–Crippen LogP) is 4.88. The second kappa shape index (κ2) is 8.33. The Morgan fingerprint density at radius 1 is 1.16 bits per heavy atom. The summed E-state index contributed by atoms with van der Waals surface area (Å²) < 4.78 is 48.7. The molecule has 0 aliphatic carbocycles. The van der Waals surface area contributed by atoms with Crippen LogP contribution in [0.25, 0.3) is 11.3 Å². The van der Waals surface area contributed by atoms with Crippen LogP contribution < -0.4 is 20.7 Å². The average molecular weight is 429 g/mol. The Bertz CT molecular complexity index is 1120. The fraction of sp³-hybridized carbons (Fsp3) is 0.273. The van der Waals surface area contributed by atoms with E-state index >= 15 is 0 Å². The molecule has 4 rings (SSSR count). The van der Waals surface area contributed by atoms with E-state index in [-0.39, 0.29) is 34.7 Å². The number of anilines is 4. The van der Waals surface area contributed by atoms with Gasteiger partial charge in [0.25, 0.3) is 0 Å². The van der Waals surface area contributed by atoms with E-state index in [0.717, 1.165) is 12.6 Å². The van der Waals surface area contributed by atoms with Crippen molar-refractivity contribution in [1.29, 1.82) is 0 Å². The van der Waals surface area contributed by atoms with E-state index in [1.807, 2.05) is 18.7 Å². The summed E-state index contributed by atoms with van der Waals surface area (Å²) in [6, 6.07) is 7.14. The van der Waals surface area contributed by atoms with Gasteiger partial charge in [0.15, 0.2) is 17.4 Å². The summed E-state index contributed by atoms with van der Waals surface area (Å²) in [5, 5.41) is 2.81. The van der Waals surface area contributed by atoms with Gasteiger partial charge in [0, 0.05) is 17.3 Å². The molecule has 1 aliphatic rings. The maximum Gasteiger partial charge on any atom is 0.227 e. The summed E-state index contributed by atoms with van der Waals surface area (Å²) in [5.41, 5.74) is 6.56. The van der Waals surface area contributed by atoms with Crippen molar-refractivity contribution in [2.45, 2.75) is 26.3 Å². The van der Waals surface area contributed by atoms with Gasteiger partial charge in [-0.2, -0.15) is 0 Å². The lowest BCUT2D eigenvalue weighted by Gasteiger charge is -2.36. The molecule has 1 atom stereocenters. The number of hydrogen-bond acceptors (Lipinski definition) is 6. The predicted molar refractivity (Wildman–Crippen MR) is 114 cm³/mol. The fourth-order valence-electron chi connectivity index (χ4n) is 3.48. The van der Waals surface area contributed by atoms with E-state index in [9.17, 15) is 13.2 Å². The van der Waals surface area contributed by atoms with Crippen LogP contribution in [-0.4, -0.2) is 29.2 Å². The van der Waals surface area contributed by atoms with Crippen LogP contribution in [0.2, 0.25) is 0 Å². The summed E-state index contributed by atoms with van der Waals surface area (Å²) in [5.74, 6) is -1.71. The molecule has 0 fully saturated rings. The first-order valence-corrected chi connectivity index (χ1v) is 9.95. The molecule has 0 saturated carbocycles. The number of nitrogens with zero attached hydrogens (tertiary/aromatic N) is 3. The maximum atomic E-state index is 14.8. The van der Waals surface area contributed by atoms with Crippen LogP contribution in [0.3, 0.4) is 0 Å². The van der Waals surface area contributed by atoms with E-state index < -0.39 is 17.5 Å². The Labute approximate surface area is 177 Å². The molecule has 9 heteroatoms. The number of nitrogens with two attached hydrogens (primary N) is 1. The fourth-order valence-corrected chi connectivity index (χ4v) is 3.48. The molecule has 1 aliphatic heterocycles. The van der Waals surface area contributed by atoms with Gasteiger partial charge in [-0.15, -0.1) is 0 Å². The molecule has 0 spiro atoms. The number of fused-ring (bicyclic) bond motifs is 1. The molecule has 2 aromatic carbocycles. The highest BCUT2D eigenvalue weighted by Crippen LogP contribution is 2.39. The molecule has 3 aromatic rings. The van der Waals surface area contributed by atoms with Gasteiger partial charge in [-0.1, -0.05) is 6.92 Å². The first-order valence-electron chi connectivity index (χ1n) is 9.95. The first kappa shape index (κ1) is 20.8. The van der Waals surface area contributed by atoms with E-state index in [1.165, 1.54) is 18.2 Å². The number of ether oxygens (including phenoxy) is 1. The highest BCUT2D eigenvalue weighted by Gasteiger charge is 2.26. The van der Waals surface area contributed by atoms with Crippen molar-refractivity contribution in [3.8, 4) is 17.0 Å². The van der Waals surface area contributed by atoms with Gasteiger partial charge >= 0.3 is 0 Å². The zero-order valence-electron chi connectivity index (χ0n) is 17.1. The molecule has 1 aromatic heterocycles. The minimum atomic E-state index is -0.708. The second-order valence-corrected chi connectivity index (χ2v) is 7.36. The van der Waals surface area contributed by atoms with Crippen molar-refractivity contribution in [3.63, 3.8) is 0 Å². The van der Waals surface area contributed by atoms with Crippen molar-refractivity contribution < 1.29 is 17.9 Å². The lowest BCUT2D eigenvalue weighted by Crippen LogP contribution is -2.39. The molecule has 0 radical (unpaired) electrons. The molecule has 0 amide bonds. The van der Waals surface area contributed by atoms with E-state index in [4.69, 9.17) is 10.5 Å². The van der Waals surface area contributed by atoms with Gasteiger partial charge < -0.3 is 20.7 Å². The SMILES string of the molecule is CCC(C)N1CCOc2c(F)cc(-c3nc(Nc4ccc(N)c(F)c4)ncc3F)cc21. The smallest absolute Gasteiger partial charge is 0.227 e. The van der Waals surface area contributed by atoms with Gasteiger partial charge in [-0.3, -0.25) is 0 Å². The number of benzene rings is 2. The van der Waals surface area contributed by atoms with Crippen molar-refractivity contribution in [3.05, 3.63) is 54.0 Å². The molecule has 6 nitrogen and oxygen atoms in total. The standard InChI is InChI=1S/C22H22F3N5O/c1-3-12(2)30-6-7-31-21-16(24)8-13(9-19(21)30)20-17(25)11-27-22(29-20)28-14-4-5-18(26)15(23)10-14/h4-5,8-12H,3,6-7,26H2,1-2H3,(H,27,28,29). The lowest BCUT2D eigenvalue weighted by molar-refractivity contribution is 0.285. The zero-order valence-corrected chi connectivity index (χ0v) is 17.1. The number of nitrogens with one attached hydrogen (secondary N) is 1. The molecule has 1 unspecified atom stereocenters. The summed E-state index contributed by atoms with van der Waals surface area (Å²) >= 11 is 0. The van der Waals surface area contributed by atoms with Crippen LogP contribution in [0.4, 0.5) is 36.2 Å². The molecule has 31 heavy (non-hydrogen) atoms. The third-order valence-corrected chi connectivity index (χ3v) is 5.31. The third kappa shape index (κ3) is 4.08. The molecular weight excluding hydrogens is 407 g/mol. The average Bonchev–Trinajstić information content (AvgIpc) is 2.76. The van der Waals surface area contributed by atoms with Gasteiger partial charge in [-0.05, 0) is 43.7 Å². The number of aromatic nitrogens is 2. The molecular formula is C22H22F3N5O. The summed E-state index contributed by atoms with van der Waals surface area (Å²) in [4.78, 5) is 10.1. The van der Waals surface area contributed by atoms with Crippen molar-refractivity contribution in [1.82, 2.24) is 9.97 Å². The Morgan fingerprint density at radius 3 is 2.71 bits per heavy atom. The van der Waals surface area contributed by atoms with Crippen molar-refractivity contribution in [2.24, 2.45) is 0 Å². The maximum absolute atomic E-state index is 14.8.